The van der Waals surface area contributed by atoms with Gasteiger partial charge in [0, 0.05) is 12.5 Å². The van der Waals surface area contributed by atoms with Gasteiger partial charge in [-0.3, -0.25) is 4.79 Å². The first-order valence-corrected chi connectivity index (χ1v) is 6.29. The molecule has 0 aliphatic heterocycles. The van der Waals surface area contributed by atoms with Gasteiger partial charge in [0.1, 0.15) is 0 Å². The number of nitrogens with two attached hydrogens (primary N) is 1. The number of halogens is 1. The highest BCUT2D eigenvalue weighted by molar-refractivity contribution is 5.97. The van der Waals surface area contributed by atoms with E-state index in [2.05, 4.69) is 0 Å². The number of rotatable bonds is 5. The number of ether oxygens (including phenoxy) is 1. The summed E-state index contributed by atoms with van der Waals surface area (Å²) in [6.45, 7) is 0. The van der Waals surface area contributed by atoms with E-state index in [4.69, 9.17) is 10.5 Å². The Morgan fingerprint density at radius 2 is 1.90 bits per heavy atom. The van der Waals surface area contributed by atoms with Crippen molar-refractivity contribution in [2.75, 3.05) is 7.11 Å². The molecule has 0 aromatic heterocycles. The summed E-state index contributed by atoms with van der Waals surface area (Å²) in [4.78, 5) is 12.1. The molecule has 1 atom stereocenters. The van der Waals surface area contributed by atoms with E-state index in [1.165, 1.54) is 19.2 Å². The highest BCUT2D eigenvalue weighted by Gasteiger charge is 2.18. The third-order valence-corrected chi connectivity index (χ3v) is 3.12. The first-order chi connectivity index (χ1) is 9.63. The predicted octanol–water partition coefficient (Wildman–Crippen LogP) is 3.11. The van der Waals surface area contributed by atoms with Crippen molar-refractivity contribution in [3.05, 3.63) is 65.5 Å². The third-order valence-electron chi connectivity index (χ3n) is 3.12. The number of hydrogen-bond donors (Lipinski definition) is 1. The van der Waals surface area contributed by atoms with Crippen LogP contribution in [0, 0.1) is 5.82 Å². The van der Waals surface area contributed by atoms with Crippen LogP contribution in [0.15, 0.2) is 48.5 Å². The van der Waals surface area contributed by atoms with Gasteiger partial charge in [0.05, 0.1) is 12.7 Å². The largest absolute Gasteiger partial charge is 0.494 e. The van der Waals surface area contributed by atoms with E-state index in [0.29, 0.717) is 0 Å². The number of carbonyl (C=O) groups excluding carboxylic acids is 1. The summed E-state index contributed by atoms with van der Waals surface area (Å²) in [6.07, 6.45) is 0.0497. The predicted molar refractivity (Wildman–Crippen MR) is 75.3 cm³/mol. The highest BCUT2D eigenvalue weighted by Crippen LogP contribution is 2.23. The fourth-order valence-electron chi connectivity index (χ4n) is 2.01. The fraction of sp³-hybridized carbons (Fsp3) is 0.188. The van der Waals surface area contributed by atoms with Gasteiger partial charge < -0.3 is 10.5 Å². The van der Waals surface area contributed by atoms with Crippen molar-refractivity contribution in [3.8, 4) is 5.75 Å². The SMILES string of the molecule is COc1cccc(C(=O)CC(N)c2ccccc2)c1F. The Labute approximate surface area is 117 Å². The molecule has 0 aliphatic rings. The van der Waals surface area contributed by atoms with E-state index in [1.807, 2.05) is 30.3 Å². The maximum atomic E-state index is 14.0. The van der Waals surface area contributed by atoms with E-state index < -0.39 is 11.9 Å². The van der Waals surface area contributed by atoms with Crippen LogP contribution in [-0.2, 0) is 0 Å². The first kappa shape index (κ1) is 14.2. The molecule has 0 aliphatic carbocycles. The minimum absolute atomic E-state index is 0.00994. The lowest BCUT2D eigenvalue weighted by Crippen LogP contribution is -2.16. The molecule has 0 bridgehead atoms. The van der Waals surface area contributed by atoms with Gasteiger partial charge in [0.25, 0.3) is 0 Å². The van der Waals surface area contributed by atoms with Gasteiger partial charge in [-0.25, -0.2) is 4.39 Å². The first-order valence-electron chi connectivity index (χ1n) is 6.29. The average molecular weight is 273 g/mol. The zero-order valence-corrected chi connectivity index (χ0v) is 11.2. The van der Waals surface area contributed by atoms with Gasteiger partial charge in [-0.2, -0.15) is 0 Å². The van der Waals surface area contributed by atoms with Crippen LogP contribution in [0.1, 0.15) is 28.4 Å². The molecule has 0 radical (unpaired) electrons. The lowest BCUT2D eigenvalue weighted by Gasteiger charge is -2.12. The van der Waals surface area contributed by atoms with Crippen LogP contribution in [-0.4, -0.2) is 12.9 Å². The quantitative estimate of drug-likeness (QED) is 0.852. The van der Waals surface area contributed by atoms with Crippen molar-refractivity contribution < 1.29 is 13.9 Å². The number of methoxy groups -OCH3 is 1. The highest BCUT2D eigenvalue weighted by atomic mass is 19.1. The summed E-state index contributed by atoms with van der Waals surface area (Å²) < 4.78 is 18.9. The molecule has 0 fully saturated rings. The van der Waals surface area contributed by atoms with Gasteiger partial charge >= 0.3 is 0 Å². The van der Waals surface area contributed by atoms with Gasteiger partial charge in [-0.05, 0) is 17.7 Å². The minimum Gasteiger partial charge on any atom is -0.494 e. The topological polar surface area (TPSA) is 52.3 Å². The molecule has 0 heterocycles. The molecule has 2 aromatic rings. The molecule has 2 N–H and O–H groups in total. The van der Waals surface area contributed by atoms with E-state index in [-0.39, 0.29) is 23.5 Å². The Hall–Kier alpha value is -2.20. The monoisotopic (exact) mass is 273 g/mol. The second-order valence-electron chi connectivity index (χ2n) is 4.47. The zero-order valence-electron chi connectivity index (χ0n) is 11.2. The third kappa shape index (κ3) is 3.03. The number of hydrogen-bond acceptors (Lipinski definition) is 3. The lowest BCUT2D eigenvalue weighted by atomic mass is 9.98. The van der Waals surface area contributed by atoms with Crippen LogP contribution in [0.3, 0.4) is 0 Å². The lowest BCUT2D eigenvalue weighted by molar-refractivity contribution is 0.0969. The van der Waals surface area contributed by atoms with Crippen molar-refractivity contribution in [3.63, 3.8) is 0 Å². The molecule has 3 nitrogen and oxygen atoms in total. The summed E-state index contributed by atoms with van der Waals surface area (Å²) in [5, 5.41) is 0. The molecule has 0 amide bonds. The standard InChI is InChI=1S/C16H16FNO2/c1-20-15-9-5-8-12(16(15)17)14(19)10-13(18)11-6-3-2-4-7-11/h2-9,13H,10,18H2,1H3. The average Bonchev–Trinajstić information content (AvgIpc) is 2.48. The normalized spacial score (nSPS) is 11.9. The van der Waals surface area contributed by atoms with Gasteiger partial charge in [-0.15, -0.1) is 0 Å². The number of benzene rings is 2. The smallest absolute Gasteiger partial charge is 0.175 e. The van der Waals surface area contributed by atoms with Crippen molar-refractivity contribution in [2.24, 2.45) is 5.73 Å². The van der Waals surface area contributed by atoms with Gasteiger partial charge in [-0.1, -0.05) is 36.4 Å². The van der Waals surface area contributed by atoms with Crippen LogP contribution in [0.5, 0.6) is 5.75 Å². The molecule has 20 heavy (non-hydrogen) atoms. The van der Waals surface area contributed by atoms with Crippen molar-refractivity contribution in [1.29, 1.82) is 0 Å². The van der Waals surface area contributed by atoms with Crippen LogP contribution >= 0.6 is 0 Å². The summed E-state index contributed by atoms with van der Waals surface area (Å²) >= 11 is 0. The van der Waals surface area contributed by atoms with Crippen LogP contribution < -0.4 is 10.5 Å². The molecule has 2 rings (SSSR count). The molecule has 104 valence electrons. The molecule has 4 heteroatoms. The zero-order chi connectivity index (χ0) is 14.5. The fourth-order valence-corrected chi connectivity index (χ4v) is 2.01. The Morgan fingerprint density at radius 3 is 2.55 bits per heavy atom. The molecule has 0 saturated carbocycles. The molecular weight excluding hydrogens is 257 g/mol. The maximum absolute atomic E-state index is 14.0. The Morgan fingerprint density at radius 1 is 1.20 bits per heavy atom. The van der Waals surface area contributed by atoms with Crippen LogP contribution in [0.2, 0.25) is 0 Å². The molecule has 0 spiro atoms. The molecule has 1 unspecified atom stereocenters. The summed E-state index contributed by atoms with van der Waals surface area (Å²) in [5.74, 6) is -0.915. The molecule has 0 saturated heterocycles. The Bertz CT molecular complexity index is 599. The minimum atomic E-state index is -0.639. The van der Waals surface area contributed by atoms with Crippen molar-refractivity contribution >= 4 is 5.78 Å². The molecule has 2 aromatic carbocycles. The number of Topliss-reactive ketones (excluding diaryl/α,β-unsaturated/α-hetero) is 1. The van der Waals surface area contributed by atoms with E-state index in [0.717, 1.165) is 5.56 Å². The summed E-state index contributed by atoms with van der Waals surface area (Å²) in [6, 6.07) is 13.3. The second-order valence-corrected chi connectivity index (χ2v) is 4.47. The number of ketones is 1. The van der Waals surface area contributed by atoms with Crippen molar-refractivity contribution in [1.82, 2.24) is 0 Å². The molecular formula is C16H16FNO2. The number of carbonyl (C=O) groups is 1. The maximum Gasteiger partial charge on any atom is 0.175 e. The van der Waals surface area contributed by atoms with E-state index in [1.54, 1.807) is 6.07 Å². The summed E-state index contributed by atoms with van der Waals surface area (Å²) in [5.41, 5.74) is 6.84. The summed E-state index contributed by atoms with van der Waals surface area (Å²) in [7, 11) is 1.36. The Kier molecular flexibility index (Phi) is 4.48. The van der Waals surface area contributed by atoms with Crippen molar-refractivity contribution in [2.45, 2.75) is 12.5 Å². The van der Waals surface area contributed by atoms with Gasteiger partial charge in [0.15, 0.2) is 17.3 Å². The van der Waals surface area contributed by atoms with E-state index in [9.17, 15) is 9.18 Å². The van der Waals surface area contributed by atoms with Crippen LogP contribution in [0.4, 0.5) is 4.39 Å². The van der Waals surface area contributed by atoms with E-state index >= 15 is 0 Å². The second kappa shape index (κ2) is 6.30. The van der Waals surface area contributed by atoms with Crippen LogP contribution in [0.25, 0.3) is 0 Å². The Balaban J connectivity index is 2.17. The van der Waals surface area contributed by atoms with Gasteiger partial charge in [0.2, 0.25) is 0 Å².